The van der Waals surface area contributed by atoms with E-state index in [9.17, 15) is 56.7 Å². The Bertz CT molecular complexity index is 2850. The van der Waals surface area contributed by atoms with Crippen molar-refractivity contribution in [2.24, 2.45) is 0 Å². The summed E-state index contributed by atoms with van der Waals surface area (Å²) in [5.41, 5.74) is 3.49. The van der Waals surface area contributed by atoms with Crippen molar-refractivity contribution in [1.82, 2.24) is 0 Å². The number of benzene rings is 3. The van der Waals surface area contributed by atoms with Crippen molar-refractivity contribution >= 4 is 69.1 Å². The van der Waals surface area contributed by atoms with Gasteiger partial charge >= 0.3 is 65.1 Å². The first-order valence-corrected chi connectivity index (χ1v) is 25.5. The van der Waals surface area contributed by atoms with E-state index in [4.69, 9.17) is 5.11 Å². The van der Waals surface area contributed by atoms with Crippen molar-refractivity contribution in [3.8, 4) is 0 Å². The quantitative estimate of drug-likeness (QED) is 0.0490. The van der Waals surface area contributed by atoms with E-state index in [2.05, 4.69) is 0 Å². The molecule has 0 spiro atoms. The molecule has 16 nitrogen and oxygen atoms in total. The Kier molecular flexibility index (Phi) is 18.8. The van der Waals surface area contributed by atoms with E-state index in [0.29, 0.717) is 64.3 Å². The molecule has 336 valence electrons. The number of nitrogens with zero attached hydrogens (tertiary/aromatic N) is 2. The normalized spacial score (nSPS) is 16.7. The van der Waals surface area contributed by atoms with Crippen LogP contribution in [-0.2, 0) is 62.5 Å². The summed E-state index contributed by atoms with van der Waals surface area (Å²) in [6, 6.07) is 15.5. The van der Waals surface area contributed by atoms with Gasteiger partial charge in [0.05, 0.1) is 35.4 Å². The van der Waals surface area contributed by atoms with Gasteiger partial charge in [-0.15, -0.1) is 0 Å². The molecule has 0 fully saturated rings. The topological polar surface area (TPSA) is 270 Å². The predicted octanol–water partition coefficient (Wildman–Crippen LogP) is -0.789. The molecule has 2 aliphatic rings. The van der Waals surface area contributed by atoms with Gasteiger partial charge in [-0.2, -0.15) is 13.0 Å². The van der Waals surface area contributed by atoms with Crippen LogP contribution in [0.15, 0.2) is 100 Å². The molecule has 5 rings (SSSR count). The zero-order valence-corrected chi connectivity index (χ0v) is 43.7. The van der Waals surface area contributed by atoms with E-state index in [1.165, 1.54) is 36.4 Å². The number of rotatable bonds is 19. The molecule has 0 radical (unpaired) electrons. The minimum absolute atomic E-state index is 0. The largest absolute Gasteiger partial charge is 1.00 e. The molecule has 3 aromatic rings. The maximum atomic E-state index is 12.2. The molecule has 2 N–H and O–H groups in total. The summed E-state index contributed by atoms with van der Waals surface area (Å²) < 4.78 is 142. The molecule has 64 heavy (non-hydrogen) atoms. The van der Waals surface area contributed by atoms with Crippen LogP contribution in [0.4, 0.5) is 11.4 Å². The van der Waals surface area contributed by atoms with E-state index < -0.39 is 73.7 Å². The number of carboxylic acids is 1. The Morgan fingerprint density at radius 3 is 2.00 bits per heavy atom. The number of carbonyl (C=O) groups is 1. The van der Waals surface area contributed by atoms with Crippen LogP contribution < -0.4 is 64.0 Å². The summed E-state index contributed by atoms with van der Waals surface area (Å²) in [5.74, 6) is -2.22. The van der Waals surface area contributed by atoms with E-state index >= 15 is 0 Å². The van der Waals surface area contributed by atoms with Crippen molar-refractivity contribution < 1.29 is 125 Å². The number of carboxylic acid groups (broad SMARTS) is 1. The molecule has 0 atom stereocenters. The van der Waals surface area contributed by atoms with Crippen LogP contribution in [0.2, 0.25) is 0 Å². The average Bonchev–Trinajstić information content (AvgIpc) is 3.49. The second-order valence-corrected chi connectivity index (χ2v) is 22.1. The zero-order valence-electron chi connectivity index (χ0n) is 36.5. The third-order valence-corrected chi connectivity index (χ3v) is 14.3. The van der Waals surface area contributed by atoms with Crippen LogP contribution in [0.3, 0.4) is 0 Å². The number of aryl methyl sites for hydroxylation is 1. The molecule has 22 heteroatoms. The van der Waals surface area contributed by atoms with E-state index in [1.807, 2.05) is 38.1 Å². The van der Waals surface area contributed by atoms with Crippen LogP contribution in [0.1, 0.15) is 82.1 Å². The molecule has 0 saturated heterocycles. The molecular weight excluding hydrogens is 931 g/mol. The first kappa shape index (κ1) is 55.8. The summed E-state index contributed by atoms with van der Waals surface area (Å²) >= 11 is 0. The average molecular weight is 979 g/mol. The summed E-state index contributed by atoms with van der Waals surface area (Å²) in [6.45, 7) is 7.35. The third-order valence-electron chi connectivity index (χ3n) is 11.1. The Morgan fingerprint density at radius 2 is 1.39 bits per heavy atom. The SMILES string of the molecule is CC1(C)C(/C=C/C(=C/C=C2/N(CCCS(=O)(=O)[O-])c3ccc(S(=O)(=O)[O-])cc3C2(C)C)c2cccc(CCCCC(=O)O)c2)=[N+](CCCS(=O)(=O)[O-])c2ccc(S(=O)(=O)O)cc21.[Na+].[Na+]. The molecule has 0 bridgehead atoms. The van der Waals surface area contributed by atoms with Crippen molar-refractivity contribution in [3.63, 3.8) is 0 Å². The maximum Gasteiger partial charge on any atom is 1.00 e. The fourth-order valence-corrected chi connectivity index (χ4v) is 9.97. The van der Waals surface area contributed by atoms with Crippen LogP contribution in [0.5, 0.6) is 0 Å². The smallest absolute Gasteiger partial charge is 0.748 e. The fraction of sp³-hybridized carbons (Fsp3) is 0.381. The van der Waals surface area contributed by atoms with Crippen LogP contribution >= 0.6 is 0 Å². The van der Waals surface area contributed by atoms with E-state index in [1.54, 1.807) is 47.6 Å². The first-order valence-electron chi connectivity index (χ1n) is 19.5. The van der Waals surface area contributed by atoms with Gasteiger partial charge in [0.1, 0.15) is 16.7 Å². The van der Waals surface area contributed by atoms with E-state index in [-0.39, 0.29) is 96.4 Å². The van der Waals surface area contributed by atoms with Gasteiger partial charge in [-0.3, -0.25) is 9.35 Å². The Hall–Kier alpha value is -2.54. The van der Waals surface area contributed by atoms with Crippen molar-refractivity contribution in [1.29, 1.82) is 0 Å². The molecular formula is C42H48N2Na2O14S4. The number of fused-ring (bicyclic) bond motifs is 2. The van der Waals surface area contributed by atoms with Gasteiger partial charge in [-0.05, 0) is 104 Å². The van der Waals surface area contributed by atoms with Gasteiger partial charge in [0.2, 0.25) is 5.69 Å². The molecule has 0 amide bonds. The van der Waals surface area contributed by atoms with Gasteiger partial charge in [-0.25, -0.2) is 25.3 Å². The molecule has 2 heterocycles. The van der Waals surface area contributed by atoms with Crippen LogP contribution in [0, 0.1) is 0 Å². The molecule has 0 aliphatic carbocycles. The Labute approximate surface area is 419 Å². The van der Waals surface area contributed by atoms with Gasteiger partial charge in [0.25, 0.3) is 10.1 Å². The fourth-order valence-electron chi connectivity index (χ4n) is 8.00. The van der Waals surface area contributed by atoms with Crippen molar-refractivity contribution in [2.45, 2.75) is 86.8 Å². The van der Waals surface area contributed by atoms with Crippen LogP contribution in [-0.4, -0.2) is 97.8 Å². The summed E-state index contributed by atoms with van der Waals surface area (Å²) in [4.78, 5) is 12.1. The summed E-state index contributed by atoms with van der Waals surface area (Å²) in [6.07, 6.45) is 8.61. The van der Waals surface area contributed by atoms with Gasteiger partial charge in [-0.1, -0.05) is 44.2 Å². The van der Waals surface area contributed by atoms with Gasteiger partial charge < -0.3 is 23.7 Å². The minimum atomic E-state index is -4.85. The summed E-state index contributed by atoms with van der Waals surface area (Å²) in [5, 5.41) is 9.13. The second kappa shape index (κ2) is 21.6. The Balaban J connectivity index is 0.00000544. The van der Waals surface area contributed by atoms with E-state index in [0.717, 1.165) is 5.56 Å². The Morgan fingerprint density at radius 1 is 0.766 bits per heavy atom. The molecule has 3 aromatic carbocycles. The number of allylic oxidation sites excluding steroid dienone is 6. The zero-order chi connectivity index (χ0) is 46.1. The molecule has 0 saturated carbocycles. The number of unbranched alkanes of at least 4 members (excludes halogenated alkanes) is 1. The standard InChI is InChI=1S/C42H50N2O14S4.2Na/c1-41(2)34-27-32(61(53,54)55)16-18-36(34)43(22-8-24-59(47,48)49)38(41)20-14-30(31-12-7-11-29(26-31)10-5-6-13-40(45)46)15-21-39-42(3,4)35-28-33(62(56,57)58)17-19-37(35)44(39)23-9-25-60(50,51)52;;/h7,11-12,14-21,26-28H,5-6,8-10,13,22-25H2,1-4H3,(H4-,45,46,47,48,49,50,51,52,53,54,55,56,57,58);;/q;2*+1/p-2. The number of hydrogen-bond acceptors (Lipinski definition) is 13. The number of hydrogen-bond donors (Lipinski definition) is 2. The number of aliphatic carboxylic acids is 1. The monoisotopic (exact) mass is 978 g/mol. The van der Waals surface area contributed by atoms with Crippen LogP contribution in [0.25, 0.3) is 5.57 Å². The van der Waals surface area contributed by atoms with Gasteiger partial charge in [0.15, 0.2) is 5.71 Å². The molecule has 2 aliphatic heterocycles. The maximum absolute atomic E-state index is 12.2. The summed E-state index contributed by atoms with van der Waals surface area (Å²) in [7, 11) is -18.6. The molecule has 0 unspecified atom stereocenters. The van der Waals surface area contributed by atoms with Crippen molar-refractivity contribution in [2.75, 3.05) is 29.5 Å². The first-order chi connectivity index (χ1) is 28.6. The second-order valence-electron chi connectivity index (χ2n) is 16.3. The van der Waals surface area contributed by atoms with Crippen molar-refractivity contribution in [3.05, 3.63) is 113 Å². The predicted molar refractivity (Wildman–Crippen MR) is 229 cm³/mol. The van der Waals surface area contributed by atoms with Gasteiger partial charge in [0, 0.05) is 65.4 Å². The molecule has 0 aromatic heterocycles. The minimum Gasteiger partial charge on any atom is -0.748 e. The number of anilines is 1. The third kappa shape index (κ3) is 14.0.